The molecule has 1 aromatic heterocycles. The molecule has 61 valence electrons. The number of rotatable bonds is 0. The van der Waals surface area contributed by atoms with Crippen molar-refractivity contribution in [1.29, 1.82) is 0 Å². The number of fused-ring (bicyclic) bond motifs is 1. The first-order valence-corrected chi connectivity index (χ1v) is 3.77. The second-order valence-electron chi connectivity index (χ2n) is 2.56. The van der Waals surface area contributed by atoms with Crippen LogP contribution in [0, 0.1) is 18.2 Å². The van der Waals surface area contributed by atoms with Crippen molar-refractivity contribution >= 4 is 10.9 Å². The molecule has 0 atom stereocenters. The first-order chi connectivity index (χ1) is 6.40. The summed E-state index contributed by atoms with van der Waals surface area (Å²) in [6.07, 6.45) is 2.97. The summed E-state index contributed by atoms with van der Waals surface area (Å²) in [4.78, 5) is 4.08. The summed E-state index contributed by atoms with van der Waals surface area (Å²) in [6, 6.07) is 9.98. The van der Waals surface area contributed by atoms with Gasteiger partial charge in [-0.05, 0) is 30.2 Å². The Hall–Kier alpha value is -1.88. The minimum absolute atomic E-state index is 0.649. The fraction of sp³-hybridized carbons (Fsp3) is 0. The lowest BCUT2D eigenvalue weighted by Crippen LogP contribution is -1.79. The predicted octanol–water partition coefficient (Wildman–Crippen LogP) is 2.31. The molecule has 0 amide bonds. The lowest BCUT2D eigenvalue weighted by Gasteiger charge is -1.95. The van der Waals surface area contributed by atoms with Gasteiger partial charge in [0, 0.05) is 23.2 Å². The number of halogens is 1. The molecular weight excluding hydrogens is 165 g/mol. The second kappa shape index (κ2) is 3.24. The summed E-state index contributed by atoms with van der Waals surface area (Å²) < 4.78 is 11.7. The molecule has 2 heteroatoms. The number of aromatic nitrogens is 1. The Bertz CT molecular complexity index is 494. The molecular formula is C11H5FN. The highest BCUT2D eigenvalue weighted by atomic mass is 19.1. The van der Waals surface area contributed by atoms with Crippen molar-refractivity contribution in [3.05, 3.63) is 42.1 Å². The fourth-order valence-corrected chi connectivity index (χ4v) is 1.15. The molecule has 0 N–H and O–H groups in total. The van der Waals surface area contributed by atoms with Gasteiger partial charge >= 0.3 is 0 Å². The summed E-state index contributed by atoms with van der Waals surface area (Å²) in [5.41, 5.74) is 1.51. The molecule has 0 saturated carbocycles. The van der Waals surface area contributed by atoms with Crippen molar-refractivity contribution in [2.45, 2.75) is 0 Å². The van der Waals surface area contributed by atoms with Crippen LogP contribution in [0.5, 0.6) is 0 Å². The summed E-state index contributed by atoms with van der Waals surface area (Å²) in [6.45, 7) is 0. The molecule has 1 radical (unpaired) electrons. The first kappa shape index (κ1) is 7.75. The second-order valence-corrected chi connectivity index (χ2v) is 2.56. The molecule has 1 aromatic carbocycles. The van der Waals surface area contributed by atoms with Gasteiger partial charge in [0.05, 0.1) is 5.52 Å². The standard InChI is InChI=1S/C11H5FN/c12-6-5-9-3-4-11-10(8-9)2-1-7-13-11/h2-4,7-8H. The third-order valence-corrected chi connectivity index (χ3v) is 1.74. The maximum atomic E-state index is 11.7. The summed E-state index contributed by atoms with van der Waals surface area (Å²) in [7, 11) is 0. The van der Waals surface area contributed by atoms with Crippen LogP contribution in [0.1, 0.15) is 5.56 Å². The predicted molar refractivity (Wildman–Crippen MR) is 48.6 cm³/mol. The van der Waals surface area contributed by atoms with E-state index in [-0.39, 0.29) is 0 Å². The number of nitrogens with zero attached hydrogens (tertiary/aromatic N) is 1. The van der Waals surface area contributed by atoms with E-state index in [0.717, 1.165) is 10.9 Å². The average Bonchev–Trinajstić information content (AvgIpc) is 2.18. The van der Waals surface area contributed by atoms with Crippen molar-refractivity contribution in [3.8, 4) is 12.1 Å². The van der Waals surface area contributed by atoms with E-state index < -0.39 is 0 Å². The molecule has 0 unspecified atom stereocenters. The molecule has 0 saturated heterocycles. The molecule has 2 aromatic rings. The van der Waals surface area contributed by atoms with Crippen LogP contribution < -0.4 is 0 Å². The quantitative estimate of drug-likeness (QED) is 0.553. The number of benzene rings is 1. The number of hydrogen-bond donors (Lipinski definition) is 0. The third-order valence-electron chi connectivity index (χ3n) is 1.74. The van der Waals surface area contributed by atoms with E-state index in [1.165, 1.54) is 6.17 Å². The molecule has 0 spiro atoms. The van der Waals surface area contributed by atoms with E-state index >= 15 is 0 Å². The topological polar surface area (TPSA) is 12.9 Å². The normalized spacial score (nSPS) is 9.31. The lowest BCUT2D eigenvalue weighted by molar-refractivity contribution is 0.774. The van der Waals surface area contributed by atoms with Crippen molar-refractivity contribution in [2.75, 3.05) is 0 Å². The smallest absolute Gasteiger partial charge is 0.111 e. The van der Waals surface area contributed by atoms with Crippen LogP contribution in [0.25, 0.3) is 10.9 Å². The summed E-state index contributed by atoms with van der Waals surface area (Å²) in [5, 5.41) is 0.919. The lowest BCUT2D eigenvalue weighted by atomic mass is 10.1. The van der Waals surface area contributed by atoms with Gasteiger partial charge < -0.3 is 0 Å². The van der Waals surface area contributed by atoms with Gasteiger partial charge in [-0.3, -0.25) is 4.98 Å². The molecule has 0 aliphatic heterocycles. The third kappa shape index (κ3) is 1.50. The Morgan fingerprint density at radius 3 is 3.15 bits per heavy atom. The maximum Gasteiger partial charge on any atom is 0.111 e. The van der Waals surface area contributed by atoms with Gasteiger partial charge in [-0.2, -0.15) is 0 Å². The van der Waals surface area contributed by atoms with E-state index in [1.54, 1.807) is 24.4 Å². The first-order valence-electron chi connectivity index (χ1n) is 3.77. The Kier molecular flexibility index (Phi) is 1.93. The minimum atomic E-state index is 0.649. The fourth-order valence-electron chi connectivity index (χ4n) is 1.15. The van der Waals surface area contributed by atoms with E-state index in [9.17, 15) is 4.39 Å². The highest BCUT2D eigenvalue weighted by Crippen LogP contribution is 2.11. The van der Waals surface area contributed by atoms with Gasteiger partial charge in [0.2, 0.25) is 0 Å². The van der Waals surface area contributed by atoms with Gasteiger partial charge in [-0.25, -0.2) is 0 Å². The van der Waals surface area contributed by atoms with Crippen molar-refractivity contribution in [3.63, 3.8) is 0 Å². The average molecular weight is 170 g/mol. The van der Waals surface area contributed by atoms with Crippen molar-refractivity contribution < 1.29 is 4.39 Å². The van der Waals surface area contributed by atoms with Crippen LogP contribution in [0.2, 0.25) is 0 Å². The molecule has 2 rings (SSSR count). The van der Waals surface area contributed by atoms with Crippen molar-refractivity contribution in [1.82, 2.24) is 4.98 Å². The van der Waals surface area contributed by atoms with Crippen LogP contribution in [-0.2, 0) is 0 Å². The molecule has 13 heavy (non-hydrogen) atoms. The molecule has 1 heterocycles. The SMILES string of the molecule is FC#Cc1ccc2nc[c]cc2c1. The Balaban J connectivity index is 2.66. The number of hydrogen-bond acceptors (Lipinski definition) is 1. The van der Waals surface area contributed by atoms with Gasteiger partial charge in [0.15, 0.2) is 0 Å². The number of pyridine rings is 1. The molecule has 1 nitrogen and oxygen atoms in total. The van der Waals surface area contributed by atoms with Crippen LogP contribution >= 0.6 is 0 Å². The van der Waals surface area contributed by atoms with E-state index in [0.29, 0.717) is 5.56 Å². The van der Waals surface area contributed by atoms with Gasteiger partial charge in [0.1, 0.15) is 6.17 Å². The highest BCUT2D eigenvalue weighted by molar-refractivity contribution is 5.79. The Labute approximate surface area is 75.2 Å². The summed E-state index contributed by atoms with van der Waals surface area (Å²) in [5.74, 6) is 2.34. The summed E-state index contributed by atoms with van der Waals surface area (Å²) >= 11 is 0. The van der Waals surface area contributed by atoms with E-state index in [4.69, 9.17) is 0 Å². The Morgan fingerprint density at radius 2 is 2.31 bits per heavy atom. The van der Waals surface area contributed by atoms with Crippen LogP contribution in [0.4, 0.5) is 4.39 Å². The van der Waals surface area contributed by atoms with Gasteiger partial charge in [-0.1, -0.05) is 0 Å². The maximum absolute atomic E-state index is 11.7. The van der Waals surface area contributed by atoms with E-state index in [1.807, 2.05) is 6.07 Å². The van der Waals surface area contributed by atoms with Crippen molar-refractivity contribution in [2.24, 2.45) is 0 Å². The van der Waals surface area contributed by atoms with Gasteiger partial charge in [0.25, 0.3) is 0 Å². The zero-order valence-electron chi connectivity index (χ0n) is 6.71. The Morgan fingerprint density at radius 1 is 1.38 bits per heavy atom. The largest absolute Gasteiger partial charge is 0.256 e. The van der Waals surface area contributed by atoms with Crippen LogP contribution in [0.15, 0.2) is 30.5 Å². The van der Waals surface area contributed by atoms with Crippen LogP contribution in [-0.4, -0.2) is 4.98 Å². The zero-order chi connectivity index (χ0) is 9.10. The zero-order valence-corrected chi connectivity index (χ0v) is 6.71. The molecule has 0 aliphatic rings. The minimum Gasteiger partial charge on any atom is -0.256 e. The monoisotopic (exact) mass is 170 g/mol. The van der Waals surface area contributed by atoms with Gasteiger partial charge in [-0.15, -0.1) is 4.39 Å². The molecule has 0 bridgehead atoms. The molecule has 0 aliphatic carbocycles. The molecule has 0 fully saturated rings. The van der Waals surface area contributed by atoms with E-state index in [2.05, 4.69) is 17.0 Å². The van der Waals surface area contributed by atoms with Crippen LogP contribution in [0.3, 0.4) is 0 Å². The highest BCUT2D eigenvalue weighted by Gasteiger charge is 1.93.